The molecule has 0 aliphatic heterocycles. The maximum absolute atomic E-state index is 12.0. The molecule has 5 nitrogen and oxygen atoms in total. The third kappa shape index (κ3) is 4.12. The van der Waals surface area contributed by atoms with Gasteiger partial charge in [0.25, 0.3) is 0 Å². The molecule has 0 saturated heterocycles. The van der Waals surface area contributed by atoms with Gasteiger partial charge in [-0.1, -0.05) is 13.8 Å². The van der Waals surface area contributed by atoms with Crippen molar-refractivity contribution in [2.24, 2.45) is 0 Å². The summed E-state index contributed by atoms with van der Waals surface area (Å²) >= 11 is -2.34. The van der Waals surface area contributed by atoms with Gasteiger partial charge < -0.3 is 4.55 Å². The first kappa shape index (κ1) is 18.2. The van der Waals surface area contributed by atoms with Gasteiger partial charge in [-0.15, -0.1) is 0 Å². The maximum atomic E-state index is 12.0. The zero-order valence-electron chi connectivity index (χ0n) is 10.6. The average Bonchev–Trinajstić information content (AvgIpc) is 2.30. The Hall–Kier alpha value is 0.240. The van der Waals surface area contributed by atoms with Gasteiger partial charge in [0.2, 0.25) is 10.0 Å². The fraction of sp³-hybridized carbons (Fsp3) is 0.400. The van der Waals surface area contributed by atoms with Gasteiger partial charge in [0.1, 0.15) is 0 Å². The molecular formula is C10H14NNaO4S2. The van der Waals surface area contributed by atoms with E-state index in [1.54, 1.807) is 13.8 Å². The van der Waals surface area contributed by atoms with E-state index in [2.05, 4.69) is 0 Å². The van der Waals surface area contributed by atoms with E-state index in [0.717, 1.165) is 0 Å². The fourth-order valence-corrected chi connectivity index (χ4v) is 3.25. The molecule has 0 N–H and O–H groups in total. The fourth-order valence-electron chi connectivity index (χ4n) is 1.44. The van der Waals surface area contributed by atoms with Gasteiger partial charge in [-0.3, -0.25) is 4.21 Å². The van der Waals surface area contributed by atoms with E-state index in [9.17, 15) is 17.2 Å². The van der Waals surface area contributed by atoms with E-state index in [1.807, 2.05) is 0 Å². The van der Waals surface area contributed by atoms with Crippen molar-refractivity contribution in [1.29, 1.82) is 0 Å². The summed E-state index contributed by atoms with van der Waals surface area (Å²) in [6.45, 7) is 4.27. The molecule has 18 heavy (non-hydrogen) atoms. The van der Waals surface area contributed by atoms with Crippen LogP contribution in [0, 0.1) is 0 Å². The molecule has 0 spiro atoms. The quantitative estimate of drug-likeness (QED) is 0.463. The number of sulfonamides is 1. The Morgan fingerprint density at radius 3 is 1.94 bits per heavy atom. The molecule has 0 radical (unpaired) electrons. The standard InChI is InChI=1S/C10H15NO4S2.Na/c1-3-11(4-2)17(14,15)10-7-5-9(6-8-10)16(12)13;/h5-8H,3-4H2,1-2H3,(H,12,13);/q;+1/p-1. The number of hydrogen-bond acceptors (Lipinski definition) is 4. The second kappa shape index (κ2) is 7.74. The molecule has 0 aliphatic rings. The minimum Gasteiger partial charge on any atom is -0.768 e. The minimum atomic E-state index is -3.51. The minimum absolute atomic E-state index is 0. The SMILES string of the molecule is CCN(CC)S(=O)(=O)c1ccc(S(=O)[O-])cc1.[Na+]. The van der Waals surface area contributed by atoms with Crippen molar-refractivity contribution in [1.82, 2.24) is 4.31 Å². The normalized spacial score (nSPS) is 13.1. The summed E-state index contributed by atoms with van der Waals surface area (Å²) in [6, 6.07) is 5.16. The molecular weight excluding hydrogens is 285 g/mol. The smallest absolute Gasteiger partial charge is 0.768 e. The zero-order valence-corrected chi connectivity index (χ0v) is 14.3. The van der Waals surface area contributed by atoms with E-state index < -0.39 is 21.1 Å². The summed E-state index contributed by atoms with van der Waals surface area (Å²) in [5.74, 6) is 0. The van der Waals surface area contributed by atoms with Crippen molar-refractivity contribution >= 4 is 21.1 Å². The van der Waals surface area contributed by atoms with E-state index in [1.165, 1.54) is 28.6 Å². The third-order valence-corrected chi connectivity index (χ3v) is 5.08. The second-order valence-corrected chi connectivity index (χ2v) is 6.17. The van der Waals surface area contributed by atoms with Crippen LogP contribution in [0.5, 0.6) is 0 Å². The molecule has 8 heteroatoms. The first-order valence-electron chi connectivity index (χ1n) is 5.13. The molecule has 0 aliphatic carbocycles. The Morgan fingerprint density at radius 1 is 1.17 bits per heavy atom. The molecule has 96 valence electrons. The van der Waals surface area contributed by atoms with Gasteiger partial charge in [-0.05, 0) is 35.3 Å². The first-order valence-corrected chi connectivity index (χ1v) is 7.64. The van der Waals surface area contributed by atoms with Gasteiger partial charge in [0, 0.05) is 18.0 Å². The Morgan fingerprint density at radius 2 is 1.61 bits per heavy atom. The van der Waals surface area contributed by atoms with Crippen LogP contribution in [-0.4, -0.2) is 34.6 Å². The molecule has 1 unspecified atom stereocenters. The monoisotopic (exact) mass is 299 g/mol. The second-order valence-electron chi connectivity index (χ2n) is 3.30. The molecule has 1 aromatic carbocycles. The molecule has 1 rings (SSSR count). The Labute approximate surface area is 132 Å². The number of hydrogen-bond donors (Lipinski definition) is 0. The van der Waals surface area contributed by atoms with Crippen molar-refractivity contribution in [3.8, 4) is 0 Å². The summed E-state index contributed by atoms with van der Waals surface area (Å²) in [5.41, 5.74) is 0. The van der Waals surface area contributed by atoms with Crippen LogP contribution in [0.4, 0.5) is 0 Å². The van der Waals surface area contributed by atoms with Crippen molar-refractivity contribution in [2.45, 2.75) is 23.6 Å². The maximum Gasteiger partial charge on any atom is 1.00 e. The van der Waals surface area contributed by atoms with Crippen molar-refractivity contribution in [3.05, 3.63) is 24.3 Å². The largest absolute Gasteiger partial charge is 1.00 e. The predicted molar refractivity (Wildman–Crippen MR) is 63.7 cm³/mol. The van der Waals surface area contributed by atoms with Crippen LogP contribution in [0.3, 0.4) is 0 Å². The molecule has 0 amide bonds. The van der Waals surface area contributed by atoms with Crippen LogP contribution in [-0.2, 0) is 21.1 Å². The number of rotatable bonds is 5. The van der Waals surface area contributed by atoms with Gasteiger partial charge in [0.15, 0.2) is 0 Å². The molecule has 0 heterocycles. The topological polar surface area (TPSA) is 77.5 Å². The molecule has 0 saturated carbocycles. The number of nitrogens with zero attached hydrogens (tertiary/aromatic N) is 1. The van der Waals surface area contributed by atoms with Crippen LogP contribution < -0.4 is 29.6 Å². The van der Waals surface area contributed by atoms with Crippen molar-refractivity contribution in [2.75, 3.05) is 13.1 Å². The number of benzene rings is 1. The van der Waals surface area contributed by atoms with E-state index in [-0.39, 0.29) is 39.3 Å². The summed E-state index contributed by atoms with van der Waals surface area (Å²) < 4.78 is 46.7. The summed E-state index contributed by atoms with van der Waals surface area (Å²) in [7, 11) is -3.51. The zero-order chi connectivity index (χ0) is 13.1. The van der Waals surface area contributed by atoms with Gasteiger partial charge in [-0.25, -0.2) is 8.42 Å². The molecule has 1 aromatic rings. The third-order valence-electron chi connectivity index (χ3n) is 2.36. The van der Waals surface area contributed by atoms with Crippen molar-refractivity contribution < 1.29 is 46.7 Å². The van der Waals surface area contributed by atoms with Crippen LogP contribution in [0.1, 0.15) is 13.8 Å². The van der Waals surface area contributed by atoms with Gasteiger partial charge in [-0.2, -0.15) is 4.31 Å². The van der Waals surface area contributed by atoms with Crippen LogP contribution in [0.2, 0.25) is 0 Å². The average molecular weight is 299 g/mol. The summed E-state index contributed by atoms with van der Waals surface area (Å²) in [6.07, 6.45) is 0. The van der Waals surface area contributed by atoms with E-state index in [0.29, 0.717) is 13.1 Å². The van der Waals surface area contributed by atoms with E-state index in [4.69, 9.17) is 0 Å². The molecule has 0 aromatic heterocycles. The molecule has 0 fully saturated rings. The van der Waals surface area contributed by atoms with Crippen LogP contribution >= 0.6 is 0 Å². The van der Waals surface area contributed by atoms with Gasteiger partial charge in [0.05, 0.1) is 4.90 Å². The Kier molecular flexibility index (Phi) is 7.84. The Bertz CT molecular complexity index is 497. The summed E-state index contributed by atoms with van der Waals surface area (Å²) in [5, 5.41) is 0. The van der Waals surface area contributed by atoms with Gasteiger partial charge >= 0.3 is 29.6 Å². The summed E-state index contributed by atoms with van der Waals surface area (Å²) in [4.78, 5) is 0.180. The van der Waals surface area contributed by atoms with Crippen molar-refractivity contribution in [3.63, 3.8) is 0 Å². The first-order chi connectivity index (χ1) is 7.93. The molecule has 1 atom stereocenters. The van der Waals surface area contributed by atoms with Crippen LogP contribution in [0.15, 0.2) is 34.1 Å². The van der Waals surface area contributed by atoms with E-state index >= 15 is 0 Å². The molecule has 0 bridgehead atoms. The predicted octanol–water partition coefficient (Wildman–Crippen LogP) is -2.04. The Balaban J connectivity index is 0.00000289. The van der Waals surface area contributed by atoms with Crippen LogP contribution in [0.25, 0.3) is 0 Å².